The third-order valence-electron chi connectivity index (χ3n) is 7.93. The Labute approximate surface area is 242 Å². The predicted octanol–water partition coefficient (Wildman–Crippen LogP) is 2.06. The van der Waals surface area contributed by atoms with Gasteiger partial charge in [-0.2, -0.15) is 0 Å². The molecule has 1 saturated carbocycles. The van der Waals surface area contributed by atoms with E-state index in [9.17, 15) is 24.3 Å². The molecule has 0 aromatic heterocycles. The molecule has 0 unspecified atom stereocenters. The van der Waals surface area contributed by atoms with Crippen LogP contribution >= 0.6 is 0 Å². The number of ether oxygens (including phenoxy) is 2. The number of amides is 4. The van der Waals surface area contributed by atoms with Crippen molar-refractivity contribution in [3.8, 4) is 0 Å². The van der Waals surface area contributed by atoms with E-state index < -0.39 is 35.6 Å². The summed E-state index contributed by atoms with van der Waals surface area (Å²) in [6.45, 7) is 3.81. The summed E-state index contributed by atoms with van der Waals surface area (Å²) in [6, 6.07) is 7.64. The minimum Gasteiger partial charge on any atom is -0.469 e. The zero-order valence-corrected chi connectivity index (χ0v) is 24.4. The average Bonchev–Trinajstić information content (AvgIpc) is 2.99. The van der Waals surface area contributed by atoms with Crippen LogP contribution in [0.25, 0.3) is 0 Å². The van der Waals surface area contributed by atoms with Gasteiger partial charge in [-0.15, -0.1) is 0 Å². The van der Waals surface area contributed by atoms with Gasteiger partial charge >= 0.3 is 12.0 Å². The summed E-state index contributed by atoms with van der Waals surface area (Å²) in [5.74, 6) is -1.54. The first-order chi connectivity index (χ1) is 19.8. The molecular weight excluding hydrogens is 528 g/mol. The van der Waals surface area contributed by atoms with Crippen molar-refractivity contribution in [1.29, 1.82) is 0 Å². The van der Waals surface area contributed by atoms with Crippen LogP contribution in [0.4, 0.5) is 4.79 Å². The van der Waals surface area contributed by atoms with Crippen molar-refractivity contribution in [3.63, 3.8) is 0 Å². The van der Waals surface area contributed by atoms with E-state index in [-0.39, 0.29) is 18.4 Å². The van der Waals surface area contributed by atoms with E-state index in [1.807, 2.05) is 37.3 Å². The number of aliphatic hydroxyl groups excluding tert-OH is 1. The van der Waals surface area contributed by atoms with Crippen LogP contribution in [-0.4, -0.2) is 91.0 Å². The largest absolute Gasteiger partial charge is 0.469 e. The molecule has 1 aromatic rings. The number of benzene rings is 1. The first-order valence-electron chi connectivity index (χ1n) is 14.8. The van der Waals surface area contributed by atoms with Crippen molar-refractivity contribution in [2.24, 2.45) is 0 Å². The highest BCUT2D eigenvalue weighted by Crippen LogP contribution is 2.29. The monoisotopic (exact) mass is 574 g/mol. The Bertz CT molecular complexity index is 994. The standard InChI is InChI=1S/C30H46N4O7/c1-3-4-13-24(26(36)27(37)31-23(21-25(35)40-2)20-22-11-7-5-8-12-22)32-28(38)30(14-9-6-10-15-30)33-29(39)34-16-18-41-19-17-34/h5,7-8,11-12,23-24,26,36H,3-4,6,9-10,13-21H2,1-2H3,(H,31,37)(H,32,38)(H,33,39)/t23-,24-,26-/m0/s1. The second kappa shape index (κ2) is 16.3. The van der Waals surface area contributed by atoms with Gasteiger partial charge in [-0.25, -0.2) is 4.79 Å². The zero-order valence-electron chi connectivity index (χ0n) is 24.4. The lowest BCUT2D eigenvalue weighted by Gasteiger charge is -2.40. The zero-order chi connectivity index (χ0) is 29.7. The number of urea groups is 1. The van der Waals surface area contributed by atoms with E-state index in [1.54, 1.807) is 4.90 Å². The third kappa shape index (κ3) is 9.71. The number of carbonyl (C=O) groups is 4. The van der Waals surface area contributed by atoms with Crippen molar-refractivity contribution >= 4 is 23.8 Å². The molecule has 11 nitrogen and oxygen atoms in total. The molecule has 41 heavy (non-hydrogen) atoms. The summed E-state index contributed by atoms with van der Waals surface area (Å²) >= 11 is 0. The number of hydrogen-bond acceptors (Lipinski definition) is 7. The maximum absolute atomic E-state index is 13.8. The van der Waals surface area contributed by atoms with E-state index in [4.69, 9.17) is 9.47 Å². The normalized spacial score (nSPS) is 18.9. The highest BCUT2D eigenvalue weighted by molar-refractivity contribution is 5.92. The van der Waals surface area contributed by atoms with Gasteiger partial charge in [0.25, 0.3) is 5.91 Å². The highest BCUT2D eigenvalue weighted by atomic mass is 16.5. The maximum atomic E-state index is 13.8. The number of nitrogens with one attached hydrogen (secondary N) is 3. The molecule has 11 heteroatoms. The number of aliphatic hydroxyl groups is 1. The van der Waals surface area contributed by atoms with E-state index in [0.717, 1.165) is 31.2 Å². The molecule has 2 aliphatic rings. The first kappa shape index (κ1) is 32.3. The molecule has 1 aliphatic heterocycles. The van der Waals surface area contributed by atoms with Gasteiger partial charge in [0.05, 0.1) is 32.8 Å². The Morgan fingerprint density at radius 3 is 2.37 bits per heavy atom. The third-order valence-corrected chi connectivity index (χ3v) is 7.93. The van der Waals surface area contributed by atoms with Crippen LogP contribution < -0.4 is 16.0 Å². The van der Waals surface area contributed by atoms with Crippen molar-refractivity contribution in [2.75, 3.05) is 33.4 Å². The van der Waals surface area contributed by atoms with Gasteiger partial charge < -0.3 is 35.4 Å². The van der Waals surface area contributed by atoms with Crippen LogP contribution in [0.2, 0.25) is 0 Å². The lowest BCUT2D eigenvalue weighted by Crippen LogP contribution is -2.65. The molecule has 1 saturated heterocycles. The molecule has 1 aliphatic carbocycles. The molecular formula is C30H46N4O7. The first-order valence-corrected chi connectivity index (χ1v) is 14.8. The molecule has 0 radical (unpaired) electrons. The van der Waals surface area contributed by atoms with Gasteiger partial charge in [0.2, 0.25) is 5.91 Å². The Balaban J connectivity index is 1.72. The van der Waals surface area contributed by atoms with Gasteiger partial charge in [-0.05, 0) is 31.2 Å². The number of esters is 1. The van der Waals surface area contributed by atoms with Crippen molar-refractivity contribution < 1.29 is 33.8 Å². The summed E-state index contributed by atoms with van der Waals surface area (Å²) in [5.41, 5.74) is -0.197. The molecule has 4 amide bonds. The molecule has 3 atom stereocenters. The van der Waals surface area contributed by atoms with Gasteiger partial charge in [-0.1, -0.05) is 69.4 Å². The molecule has 0 bridgehead atoms. The second-order valence-electron chi connectivity index (χ2n) is 11.0. The van der Waals surface area contributed by atoms with Gasteiger partial charge in [0, 0.05) is 19.1 Å². The Morgan fingerprint density at radius 1 is 1.05 bits per heavy atom. The van der Waals surface area contributed by atoms with E-state index >= 15 is 0 Å². The van der Waals surface area contributed by atoms with Gasteiger partial charge in [-0.3, -0.25) is 14.4 Å². The average molecular weight is 575 g/mol. The fourth-order valence-corrected chi connectivity index (χ4v) is 5.48. The summed E-state index contributed by atoms with van der Waals surface area (Å²) in [6.07, 6.45) is 4.13. The SMILES string of the molecule is CCCC[C@H](NC(=O)C1(NC(=O)N2CCOCC2)CCCCC1)[C@H](O)C(=O)N[C@H](CC(=O)OC)Cc1ccccc1. The van der Waals surface area contributed by atoms with Crippen LogP contribution in [0, 0.1) is 0 Å². The number of methoxy groups -OCH3 is 1. The van der Waals surface area contributed by atoms with E-state index in [2.05, 4.69) is 16.0 Å². The Hall–Kier alpha value is -3.18. The van der Waals surface area contributed by atoms with E-state index in [1.165, 1.54) is 7.11 Å². The lowest BCUT2D eigenvalue weighted by molar-refractivity contribution is -0.141. The Morgan fingerprint density at radius 2 is 1.73 bits per heavy atom. The number of hydrogen-bond donors (Lipinski definition) is 4. The van der Waals surface area contributed by atoms with Crippen molar-refractivity contribution in [2.45, 2.75) is 94.9 Å². The predicted molar refractivity (Wildman–Crippen MR) is 153 cm³/mol. The Kier molecular flexibility index (Phi) is 12.9. The minimum atomic E-state index is -1.54. The van der Waals surface area contributed by atoms with Gasteiger partial charge in [0.1, 0.15) is 5.54 Å². The molecule has 4 N–H and O–H groups in total. The molecule has 1 heterocycles. The molecule has 2 fully saturated rings. The maximum Gasteiger partial charge on any atom is 0.318 e. The molecule has 3 rings (SSSR count). The quantitative estimate of drug-likeness (QED) is 0.264. The summed E-state index contributed by atoms with van der Waals surface area (Å²) < 4.78 is 10.2. The van der Waals surface area contributed by atoms with Crippen LogP contribution in [0.3, 0.4) is 0 Å². The van der Waals surface area contributed by atoms with Crippen LogP contribution in [0.1, 0.15) is 70.3 Å². The number of rotatable bonds is 13. The summed E-state index contributed by atoms with van der Waals surface area (Å²) in [4.78, 5) is 53.9. The van der Waals surface area contributed by atoms with Crippen LogP contribution in [0.15, 0.2) is 30.3 Å². The molecule has 0 spiro atoms. The topological polar surface area (TPSA) is 146 Å². The second-order valence-corrected chi connectivity index (χ2v) is 11.0. The van der Waals surface area contributed by atoms with E-state index in [0.29, 0.717) is 58.4 Å². The fourth-order valence-electron chi connectivity index (χ4n) is 5.48. The van der Waals surface area contributed by atoms with Crippen LogP contribution in [0.5, 0.6) is 0 Å². The van der Waals surface area contributed by atoms with Gasteiger partial charge in [0.15, 0.2) is 6.10 Å². The number of morpholine rings is 1. The summed E-state index contributed by atoms with van der Waals surface area (Å²) in [5, 5.41) is 19.9. The van der Waals surface area contributed by atoms with Crippen LogP contribution in [-0.2, 0) is 30.3 Å². The number of nitrogens with zero attached hydrogens (tertiary/aromatic N) is 1. The highest BCUT2D eigenvalue weighted by Gasteiger charge is 2.43. The molecule has 228 valence electrons. The number of unbranched alkanes of at least 4 members (excludes halogenated alkanes) is 1. The minimum absolute atomic E-state index is 0.0630. The molecule has 1 aromatic carbocycles. The smallest absolute Gasteiger partial charge is 0.318 e. The van der Waals surface area contributed by atoms with Crippen molar-refractivity contribution in [1.82, 2.24) is 20.9 Å². The number of carbonyl (C=O) groups excluding carboxylic acids is 4. The fraction of sp³-hybridized carbons (Fsp3) is 0.667. The summed E-state index contributed by atoms with van der Waals surface area (Å²) in [7, 11) is 1.29. The van der Waals surface area contributed by atoms with Crippen molar-refractivity contribution in [3.05, 3.63) is 35.9 Å². The lowest BCUT2D eigenvalue weighted by atomic mass is 9.80.